The van der Waals surface area contributed by atoms with Gasteiger partial charge < -0.3 is 10.2 Å². The van der Waals surface area contributed by atoms with Gasteiger partial charge in [-0.2, -0.15) is 0 Å². The number of rotatable bonds is 4. The zero-order valence-corrected chi connectivity index (χ0v) is 29.7. The van der Waals surface area contributed by atoms with Gasteiger partial charge in [0.1, 0.15) is 0 Å². The van der Waals surface area contributed by atoms with Crippen LogP contribution < -0.4 is 0 Å². The van der Waals surface area contributed by atoms with E-state index in [1.165, 1.54) is 0 Å². The molecule has 2 aromatic heterocycles. The maximum atomic E-state index is 12.7. The minimum atomic E-state index is -0.915. The van der Waals surface area contributed by atoms with E-state index in [1.807, 2.05) is 48.5 Å². The van der Waals surface area contributed by atoms with Gasteiger partial charge in [-0.25, -0.2) is 19.6 Å². The fourth-order valence-electron chi connectivity index (χ4n) is 7.85. The molecule has 2 aliphatic rings. The molecule has 3 aromatic carbocycles. The maximum absolute atomic E-state index is 12.7. The lowest BCUT2D eigenvalue weighted by Crippen LogP contribution is -2.28. The molecule has 0 saturated heterocycles. The monoisotopic (exact) mass is 664 g/mol. The van der Waals surface area contributed by atoms with Gasteiger partial charge in [0, 0.05) is 10.8 Å². The number of carbonyl (C=O) groups is 2. The van der Waals surface area contributed by atoms with Crippen molar-refractivity contribution in [1.82, 2.24) is 9.97 Å². The van der Waals surface area contributed by atoms with E-state index in [2.05, 4.69) is 78.0 Å². The van der Waals surface area contributed by atoms with Crippen LogP contribution in [0.15, 0.2) is 72.8 Å². The topological polar surface area (TPSA) is 100 Å². The molecule has 2 unspecified atom stereocenters. The molecule has 6 heteroatoms. The van der Waals surface area contributed by atoms with Crippen LogP contribution in [0.4, 0.5) is 0 Å². The number of nitrogens with zero attached hydrogens (tertiary/aromatic N) is 2. The summed E-state index contributed by atoms with van der Waals surface area (Å²) >= 11 is 0. The van der Waals surface area contributed by atoms with Crippen LogP contribution in [0.1, 0.15) is 109 Å². The number of benzene rings is 3. The number of aromatic nitrogens is 2. The molecule has 0 saturated carbocycles. The number of pyridine rings is 2. The lowest BCUT2D eigenvalue weighted by atomic mass is 9.68. The first kappa shape index (κ1) is 33.4. The first-order valence-corrected chi connectivity index (χ1v) is 17.5. The van der Waals surface area contributed by atoms with Crippen LogP contribution in [0.5, 0.6) is 0 Å². The first-order valence-electron chi connectivity index (χ1n) is 17.5. The lowest BCUT2D eigenvalue weighted by molar-refractivity contribution is 0.0685. The zero-order chi connectivity index (χ0) is 35.5. The van der Waals surface area contributed by atoms with Gasteiger partial charge in [-0.1, -0.05) is 102 Å². The highest BCUT2D eigenvalue weighted by Gasteiger charge is 2.36. The smallest absolute Gasteiger partial charge is 0.336 e. The average Bonchev–Trinajstić information content (AvgIpc) is 3.06. The molecular formula is C44H44N2O4. The summed E-state index contributed by atoms with van der Waals surface area (Å²) in [6, 6.07) is 23.4. The van der Waals surface area contributed by atoms with Crippen molar-refractivity contribution >= 4 is 57.0 Å². The number of fused-ring (bicyclic) bond motifs is 4. The largest absolute Gasteiger partial charge is 0.478 e. The minimum Gasteiger partial charge on any atom is -0.478 e. The molecule has 0 fully saturated rings. The van der Waals surface area contributed by atoms with E-state index in [1.54, 1.807) is 0 Å². The fraction of sp³-hybridized carbons (Fsp3) is 0.318. The highest BCUT2D eigenvalue weighted by molar-refractivity contribution is 6.07. The standard InChI is InChI=1S/C44H44N2O4/c1-43(2,3)29-21-27(39-33(23-29)37(41(47)48)31-11-7-9-13-35(31)45-39)19-25-15-17-26(18-16-25)20-28-22-30(44(4,5)6)24-34-38(42(49)50)32-12-8-10-14-36(32)46-40(28)34/h7-20,29-30H,21-24H2,1-6H3,(H,47,48)(H,49,50). The number of aromatic carboxylic acids is 2. The van der Waals surface area contributed by atoms with Crippen LogP contribution in [0.25, 0.3) is 45.1 Å². The van der Waals surface area contributed by atoms with Crippen molar-refractivity contribution in [2.24, 2.45) is 22.7 Å². The molecular weight excluding hydrogens is 620 g/mol. The van der Waals surface area contributed by atoms with Gasteiger partial charge in [0.25, 0.3) is 0 Å². The van der Waals surface area contributed by atoms with Gasteiger partial charge >= 0.3 is 11.9 Å². The van der Waals surface area contributed by atoms with Crippen LogP contribution in [-0.2, 0) is 12.8 Å². The van der Waals surface area contributed by atoms with Crippen molar-refractivity contribution in [3.05, 3.63) is 118 Å². The van der Waals surface area contributed by atoms with E-state index in [0.29, 0.717) is 45.8 Å². The summed E-state index contributed by atoms with van der Waals surface area (Å²) in [4.78, 5) is 35.5. The number of hydrogen-bond acceptors (Lipinski definition) is 4. The van der Waals surface area contributed by atoms with Crippen LogP contribution in [-0.4, -0.2) is 32.1 Å². The molecule has 5 aromatic rings. The summed E-state index contributed by atoms with van der Waals surface area (Å²) < 4.78 is 0. The Morgan fingerprint density at radius 2 is 0.940 bits per heavy atom. The lowest BCUT2D eigenvalue weighted by Gasteiger charge is -2.36. The van der Waals surface area contributed by atoms with Gasteiger partial charge in [-0.05, 0) is 106 Å². The van der Waals surface area contributed by atoms with Crippen LogP contribution in [0.3, 0.4) is 0 Å². The number of carboxylic acids is 2. The Hall–Kier alpha value is -5.10. The van der Waals surface area contributed by atoms with Crippen molar-refractivity contribution < 1.29 is 19.8 Å². The van der Waals surface area contributed by atoms with E-state index in [9.17, 15) is 19.8 Å². The predicted molar refractivity (Wildman–Crippen MR) is 202 cm³/mol. The van der Waals surface area contributed by atoms with Crippen molar-refractivity contribution in [1.29, 1.82) is 0 Å². The van der Waals surface area contributed by atoms with Crippen molar-refractivity contribution in [3.63, 3.8) is 0 Å². The molecule has 2 heterocycles. The van der Waals surface area contributed by atoms with E-state index < -0.39 is 11.9 Å². The SMILES string of the molecule is CC(C)(C)C1CC(=Cc2ccc(C=C3CC(C(C)(C)C)Cc4c3nc3ccccc3c4C(=O)O)cc2)c2nc3ccccc3c(C(=O)O)c2C1. The third-order valence-electron chi connectivity index (χ3n) is 10.9. The van der Waals surface area contributed by atoms with E-state index >= 15 is 0 Å². The van der Waals surface area contributed by atoms with Gasteiger partial charge in [0.15, 0.2) is 0 Å². The highest BCUT2D eigenvalue weighted by atomic mass is 16.4. The fourth-order valence-corrected chi connectivity index (χ4v) is 7.85. The second-order valence-corrected chi connectivity index (χ2v) is 16.2. The molecule has 254 valence electrons. The Labute approximate surface area is 293 Å². The third-order valence-corrected chi connectivity index (χ3v) is 10.9. The summed E-state index contributed by atoms with van der Waals surface area (Å²) in [6.45, 7) is 13.3. The summed E-state index contributed by atoms with van der Waals surface area (Å²) in [5.41, 5.74) is 9.42. The summed E-state index contributed by atoms with van der Waals surface area (Å²) in [6.07, 6.45) is 7.30. The second kappa shape index (κ2) is 12.3. The average molecular weight is 665 g/mol. The summed E-state index contributed by atoms with van der Waals surface area (Å²) in [7, 11) is 0. The van der Waals surface area contributed by atoms with Crippen LogP contribution >= 0.6 is 0 Å². The molecule has 2 aliphatic carbocycles. The molecule has 6 nitrogen and oxygen atoms in total. The summed E-state index contributed by atoms with van der Waals surface area (Å²) in [5.74, 6) is -1.32. The molecule has 2 N–H and O–H groups in total. The second-order valence-electron chi connectivity index (χ2n) is 16.2. The van der Waals surface area contributed by atoms with E-state index in [4.69, 9.17) is 9.97 Å². The molecule has 50 heavy (non-hydrogen) atoms. The number of para-hydroxylation sites is 2. The number of allylic oxidation sites excluding steroid dienone is 2. The molecule has 0 aliphatic heterocycles. The Kier molecular flexibility index (Phi) is 8.25. The summed E-state index contributed by atoms with van der Waals surface area (Å²) in [5, 5.41) is 22.2. The predicted octanol–water partition coefficient (Wildman–Crippen LogP) is 10.5. The van der Waals surface area contributed by atoms with Crippen LogP contribution in [0.2, 0.25) is 0 Å². The zero-order valence-electron chi connectivity index (χ0n) is 29.7. The Morgan fingerprint density at radius 3 is 1.28 bits per heavy atom. The van der Waals surface area contributed by atoms with E-state index in [0.717, 1.165) is 57.6 Å². The van der Waals surface area contributed by atoms with Gasteiger partial charge in [-0.15, -0.1) is 0 Å². The van der Waals surface area contributed by atoms with Crippen molar-refractivity contribution in [2.75, 3.05) is 0 Å². The first-order chi connectivity index (χ1) is 23.7. The van der Waals surface area contributed by atoms with E-state index in [-0.39, 0.29) is 22.7 Å². The Morgan fingerprint density at radius 1 is 0.580 bits per heavy atom. The van der Waals surface area contributed by atoms with Crippen LogP contribution in [0, 0.1) is 22.7 Å². The normalized spacial score (nSPS) is 19.5. The van der Waals surface area contributed by atoms with Gasteiger partial charge in [0.05, 0.1) is 33.5 Å². The quantitative estimate of drug-likeness (QED) is 0.198. The molecule has 0 spiro atoms. The third kappa shape index (κ3) is 6.12. The van der Waals surface area contributed by atoms with Crippen molar-refractivity contribution in [2.45, 2.75) is 67.2 Å². The maximum Gasteiger partial charge on any atom is 0.336 e. The minimum absolute atomic E-state index is 0.0185. The number of carboxylic acid groups (broad SMARTS) is 2. The number of hydrogen-bond donors (Lipinski definition) is 2. The molecule has 0 radical (unpaired) electrons. The van der Waals surface area contributed by atoms with Crippen molar-refractivity contribution in [3.8, 4) is 0 Å². The highest BCUT2D eigenvalue weighted by Crippen LogP contribution is 2.46. The molecule has 0 amide bonds. The molecule has 0 bridgehead atoms. The Balaban J connectivity index is 1.32. The molecule has 2 atom stereocenters. The Bertz CT molecular complexity index is 2090. The van der Waals surface area contributed by atoms with Gasteiger partial charge in [0.2, 0.25) is 0 Å². The van der Waals surface area contributed by atoms with Gasteiger partial charge in [-0.3, -0.25) is 0 Å². The molecule has 7 rings (SSSR count).